The molecule has 1 aliphatic carbocycles. The number of aryl methyl sites for hydroxylation is 1. The van der Waals surface area contributed by atoms with Crippen LogP contribution in [-0.2, 0) is 25.4 Å². The zero-order valence-electron chi connectivity index (χ0n) is 17.5. The molecule has 2 atom stereocenters. The summed E-state index contributed by atoms with van der Waals surface area (Å²) in [4.78, 5) is 30.6. The Kier molecular flexibility index (Phi) is 5.21. The lowest BCUT2D eigenvalue weighted by atomic mass is 9.68. The number of amidine groups is 1. The number of carbonyl (C=O) groups is 1. The second kappa shape index (κ2) is 8.06. The molecule has 2 aromatic carbocycles. The van der Waals surface area contributed by atoms with Crippen LogP contribution in [0.5, 0.6) is 0 Å². The molecule has 0 unspecified atom stereocenters. The molecule has 5 rings (SSSR count). The maximum atomic E-state index is 15.1. The van der Waals surface area contributed by atoms with Crippen LogP contribution >= 0.6 is 11.8 Å². The van der Waals surface area contributed by atoms with Crippen molar-refractivity contribution in [3.63, 3.8) is 0 Å². The largest absolute Gasteiger partial charge is 0.318 e. The van der Waals surface area contributed by atoms with Crippen molar-refractivity contribution < 1.29 is 9.18 Å². The third-order valence-electron chi connectivity index (χ3n) is 6.37. The van der Waals surface area contributed by atoms with E-state index in [0.717, 1.165) is 5.56 Å². The molecule has 0 fully saturated rings. The van der Waals surface area contributed by atoms with Gasteiger partial charge >= 0.3 is 0 Å². The summed E-state index contributed by atoms with van der Waals surface area (Å²) in [5, 5.41) is 3.35. The number of pyridine rings is 1. The van der Waals surface area contributed by atoms with Crippen molar-refractivity contribution in [3.05, 3.63) is 105 Å². The van der Waals surface area contributed by atoms with Crippen molar-refractivity contribution in [2.45, 2.75) is 18.4 Å². The summed E-state index contributed by atoms with van der Waals surface area (Å²) < 4.78 is 16.7. The average Bonchev–Trinajstić information content (AvgIpc) is 2.81. The first-order chi connectivity index (χ1) is 15.5. The van der Waals surface area contributed by atoms with Crippen LogP contribution in [0.3, 0.4) is 0 Å². The van der Waals surface area contributed by atoms with E-state index in [1.54, 1.807) is 60.3 Å². The molecule has 1 aliphatic heterocycles. The van der Waals surface area contributed by atoms with Crippen LogP contribution in [0.15, 0.2) is 76.6 Å². The van der Waals surface area contributed by atoms with Crippen LogP contribution in [0.1, 0.15) is 27.0 Å². The zero-order valence-corrected chi connectivity index (χ0v) is 18.4. The Morgan fingerprint density at radius 1 is 1.16 bits per heavy atom. The maximum Gasteiger partial charge on any atom is 0.257 e. The van der Waals surface area contributed by atoms with Crippen molar-refractivity contribution in [3.8, 4) is 0 Å². The number of benzene rings is 2. The van der Waals surface area contributed by atoms with Crippen LogP contribution in [-0.4, -0.2) is 21.4 Å². The number of rotatable bonds is 2. The number of aliphatic imine (C=N–C) groups is 1. The minimum absolute atomic E-state index is 0.00128. The number of thioether (sulfide) groups is 1. The SMILES string of the molecule is Cn1ccc2c(c1=O)C[C@]1(c3ccccc3F)N=C(NC(=O)c3ccccc3)SC[C@@H]1C2. The molecule has 5 nitrogen and oxygen atoms in total. The molecule has 1 N–H and O–H groups in total. The van der Waals surface area contributed by atoms with Crippen molar-refractivity contribution in [1.29, 1.82) is 0 Å². The average molecular weight is 448 g/mol. The highest BCUT2D eigenvalue weighted by Crippen LogP contribution is 2.48. The normalized spacial score (nSPS) is 21.8. The third kappa shape index (κ3) is 3.46. The van der Waals surface area contributed by atoms with Gasteiger partial charge in [0.15, 0.2) is 5.17 Å². The van der Waals surface area contributed by atoms with Crippen molar-refractivity contribution in [1.82, 2.24) is 9.88 Å². The summed E-state index contributed by atoms with van der Waals surface area (Å²) in [6, 6.07) is 17.5. The smallest absolute Gasteiger partial charge is 0.257 e. The topological polar surface area (TPSA) is 63.5 Å². The first-order valence-corrected chi connectivity index (χ1v) is 11.5. The van der Waals surface area contributed by atoms with Crippen LogP contribution in [0, 0.1) is 11.7 Å². The summed E-state index contributed by atoms with van der Waals surface area (Å²) in [5.41, 5.74) is 1.63. The molecule has 0 saturated heterocycles. The Bertz CT molecular complexity index is 1290. The summed E-state index contributed by atoms with van der Waals surface area (Å²) in [5.74, 6) is 0.0576. The van der Waals surface area contributed by atoms with E-state index in [9.17, 15) is 9.59 Å². The molecule has 32 heavy (non-hydrogen) atoms. The minimum Gasteiger partial charge on any atom is -0.318 e. The molecule has 3 aromatic rings. The van der Waals surface area contributed by atoms with E-state index in [-0.39, 0.29) is 23.2 Å². The van der Waals surface area contributed by atoms with Crippen LogP contribution in [0.4, 0.5) is 4.39 Å². The quantitative estimate of drug-likeness (QED) is 0.652. The molecule has 0 spiro atoms. The van der Waals surface area contributed by atoms with Gasteiger partial charge in [0, 0.05) is 48.0 Å². The number of aromatic nitrogens is 1. The molecule has 0 radical (unpaired) electrons. The highest BCUT2D eigenvalue weighted by molar-refractivity contribution is 8.13. The molecular formula is C25H22FN3O2S. The van der Waals surface area contributed by atoms with Gasteiger partial charge in [0.1, 0.15) is 5.82 Å². The highest BCUT2D eigenvalue weighted by Gasteiger charge is 2.49. The zero-order chi connectivity index (χ0) is 22.3. The van der Waals surface area contributed by atoms with Crippen LogP contribution in [0.25, 0.3) is 0 Å². The van der Waals surface area contributed by atoms with Gasteiger partial charge in [-0.25, -0.2) is 9.38 Å². The summed E-state index contributed by atoms with van der Waals surface area (Å²) in [7, 11) is 1.72. The molecule has 1 amide bonds. The molecule has 0 bridgehead atoms. The monoisotopic (exact) mass is 447 g/mol. The van der Waals surface area contributed by atoms with Crippen LogP contribution < -0.4 is 10.9 Å². The second-order valence-electron chi connectivity index (χ2n) is 8.27. The van der Waals surface area contributed by atoms with E-state index in [4.69, 9.17) is 4.99 Å². The number of halogens is 1. The predicted molar refractivity (Wildman–Crippen MR) is 124 cm³/mol. The Labute approximate surface area is 189 Å². The molecule has 7 heteroatoms. The van der Waals surface area contributed by atoms with Gasteiger partial charge in [-0.2, -0.15) is 0 Å². The fourth-order valence-electron chi connectivity index (χ4n) is 4.68. The fourth-order valence-corrected chi connectivity index (χ4v) is 5.82. The summed E-state index contributed by atoms with van der Waals surface area (Å²) in [6.07, 6.45) is 2.71. The molecule has 0 saturated carbocycles. The predicted octanol–water partition coefficient (Wildman–Crippen LogP) is 3.67. The second-order valence-corrected chi connectivity index (χ2v) is 9.27. The Morgan fingerprint density at radius 2 is 1.91 bits per heavy atom. The van der Waals surface area contributed by atoms with Gasteiger partial charge in [0.05, 0.1) is 5.54 Å². The lowest BCUT2D eigenvalue weighted by Gasteiger charge is -2.45. The van der Waals surface area contributed by atoms with Crippen molar-refractivity contribution >= 4 is 22.8 Å². The van der Waals surface area contributed by atoms with Gasteiger partial charge in [-0.05, 0) is 36.2 Å². The number of carbonyl (C=O) groups excluding carboxylic acids is 1. The number of fused-ring (bicyclic) bond motifs is 2. The van der Waals surface area contributed by atoms with Crippen molar-refractivity contribution in [2.24, 2.45) is 18.0 Å². The summed E-state index contributed by atoms with van der Waals surface area (Å²) in [6.45, 7) is 0. The fraction of sp³-hybridized carbons (Fsp3) is 0.240. The van der Waals surface area contributed by atoms with E-state index in [0.29, 0.717) is 40.5 Å². The van der Waals surface area contributed by atoms with E-state index in [1.165, 1.54) is 17.8 Å². The number of hydrogen-bond donors (Lipinski definition) is 1. The molecular weight excluding hydrogens is 425 g/mol. The maximum absolute atomic E-state index is 15.1. The lowest BCUT2D eigenvalue weighted by Crippen LogP contribution is -2.49. The van der Waals surface area contributed by atoms with E-state index in [2.05, 4.69) is 5.32 Å². The third-order valence-corrected chi connectivity index (χ3v) is 7.41. The van der Waals surface area contributed by atoms with Gasteiger partial charge < -0.3 is 9.88 Å². The number of nitrogens with one attached hydrogen (secondary N) is 1. The summed E-state index contributed by atoms with van der Waals surface area (Å²) >= 11 is 1.47. The van der Waals surface area contributed by atoms with Gasteiger partial charge in [-0.15, -0.1) is 0 Å². The number of nitrogens with zero attached hydrogens (tertiary/aromatic N) is 2. The van der Waals surface area contributed by atoms with Crippen LogP contribution in [0.2, 0.25) is 0 Å². The lowest BCUT2D eigenvalue weighted by molar-refractivity contribution is 0.0977. The van der Waals surface area contributed by atoms with E-state index in [1.807, 2.05) is 12.1 Å². The Hall–Kier alpha value is -3.19. The van der Waals surface area contributed by atoms with Crippen molar-refractivity contribution in [2.75, 3.05) is 5.75 Å². The van der Waals surface area contributed by atoms with E-state index < -0.39 is 5.54 Å². The minimum atomic E-state index is -0.948. The number of amides is 1. The number of hydrogen-bond acceptors (Lipinski definition) is 4. The molecule has 2 heterocycles. The molecule has 1 aromatic heterocycles. The first-order valence-electron chi connectivity index (χ1n) is 10.5. The Morgan fingerprint density at radius 3 is 2.69 bits per heavy atom. The molecule has 2 aliphatic rings. The van der Waals surface area contributed by atoms with E-state index >= 15 is 4.39 Å². The first kappa shape index (κ1) is 20.7. The van der Waals surface area contributed by atoms with Gasteiger partial charge in [0.2, 0.25) is 0 Å². The standard InChI is InChI=1S/C25H22FN3O2S/c1-29-12-11-17-13-18-15-32-24(27-22(30)16-7-3-2-4-8-16)28-25(18,14-19(17)23(29)31)20-9-5-6-10-21(20)26/h2-12,18H,13-15H2,1H3,(H,27,28,30)/t18-,25-/m0/s1. The highest BCUT2D eigenvalue weighted by atomic mass is 32.2. The van der Waals surface area contributed by atoms with Gasteiger partial charge in [-0.3, -0.25) is 9.59 Å². The Balaban J connectivity index is 1.62. The van der Waals surface area contributed by atoms with Gasteiger partial charge in [-0.1, -0.05) is 48.2 Å². The van der Waals surface area contributed by atoms with Gasteiger partial charge in [0.25, 0.3) is 11.5 Å². The molecule has 162 valence electrons.